The fraction of sp³-hybridized carbons (Fsp3) is 0.381. The summed E-state index contributed by atoms with van der Waals surface area (Å²) in [5, 5.41) is 2.79. The van der Waals surface area contributed by atoms with Crippen molar-refractivity contribution in [2.75, 3.05) is 33.9 Å². The number of halogens is 2. The van der Waals surface area contributed by atoms with Crippen LogP contribution >= 0.6 is 0 Å². The summed E-state index contributed by atoms with van der Waals surface area (Å²) in [6.45, 7) is 0.885. The van der Waals surface area contributed by atoms with Crippen molar-refractivity contribution >= 4 is 6.03 Å². The van der Waals surface area contributed by atoms with Crippen molar-refractivity contribution < 1.29 is 27.8 Å². The highest BCUT2D eigenvalue weighted by Gasteiger charge is 2.31. The van der Waals surface area contributed by atoms with Crippen LogP contribution in [0.1, 0.15) is 24.4 Å². The molecule has 1 aliphatic heterocycles. The molecule has 2 aromatic carbocycles. The summed E-state index contributed by atoms with van der Waals surface area (Å²) in [5.41, 5.74) is 0.922. The van der Waals surface area contributed by atoms with E-state index in [9.17, 15) is 13.6 Å². The highest BCUT2D eigenvalue weighted by Crippen LogP contribution is 2.38. The number of methoxy groups -OCH3 is 2. The molecule has 0 spiro atoms. The van der Waals surface area contributed by atoms with E-state index in [4.69, 9.17) is 14.2 Å². The van der Waals surface area contributed by atoms with Crippen molar-refractivity contribution in [3.05, 3.63) is 53.6 Å². The van der Waals surface area contributed by atoms with Gasteiger partial charge in [0, 0.05) is 24.2 Å². The number of likely N-dealkylation sites (tertiary alicyclic amines) is 1. The van der Waals surface area contributed by atoms with Crippen LogP contribution in [-0.4, -0.2) is 44.8 Å². The van der Waals surface area contributed by atoms with Gasteiger partial charge in [-0.05, 0) is 37.1 Å². The number of rotatable bonds is 7. The molecule has 0 aliphatic carbocycles. The van der Waals surface area contributed by atoms with Crippen molar-refractivity contribution in [1.29, 1.82) is 0 Å². The zero-order valence-corrected chi connectivity index (χ0v) is 16.4. The fourth-order valence-electron chi connectivity index (χ4n) is 3.44. The molecule has 2 amide bonds. The highest BCUT2D eigenvalue weighted by molar-refractivity contribution is 5.75. The minimum Gasteiger partial charge on any atom is -0.497 e. The molecule has 0 radical (unpaired) electrons. The molecule has 0 aromatic heterocycles. The van der Waals surface area contributed by atoms with Crippen molar-refractivity contribution in [2.45, 2.75) is 18.9 Å². The lowest BCUT2D eigenvalue weighted by atomic mass is 10.0. The van der Waals surface area contributed by atoms with Crippen molar-refractivity contribution in [3.8, 4) is 17.2 Å². The van der Waals surface area contributed by atoms with Gasteiger partial charge in [0.1, 0.15) is 23.9 Å². The number of hydrogen-bond donors (Lipinski definition) is 1. The van der Waals surface area contributed by atoms with Gasteiger partial charge in [0.2, 0.25) is 0 Å². The summed E-state index contributed by atoms with van der Waals surface area (Å²) >= 11 is 0. The Balaban J connectivity index is 1.57. The summed E-state index contributed by atoms with van der Waals surface area (Å²) in [5.74, 6) is -0.142. The second-order valence-electron chi connectivity index (χ2n) is 6.61. The molecule has 156 valence electrons. The quantitative estimate of drug-likeness (QED) is 0.709. The van der Waals surface area contributed by atoms with E-state index >= 15 is 0 Å². The van der Waals surface area contributed by atoms with E-state index in [1.165, 1.54) is 6.07 Å². The Labute approximate surface area is 168 Å². The second kappa shape index (κ2) is 9.45. The van der Waals surface area contributed by atoms with Gasteiger partial charge in [0.25, 0.3) is 0 Å². The zero-order valence-electron chi connectivity index (χ0n) is 16.4. The summed E-state index contributed by atoms with van der Waals surface area (Å²) in [7, 11) is 3.17. The van der Waals surface area contributed by atoms with Gasteiger partial charge in [-0.1, -0.05) is 0 Å². The van der Waals surface area contributed by atoms with E-state index in [-0.39, 0.29) is 31.0 Å². The van der Waals surface area contributed by atoms with Gasteiger partial charge in [0.05, 0.1) is 26.8 Å². The van der Waals surface area contributed by atoms with Gasteiger partial charge in [-0.2, -0.15) is 0 Å². The number of amides is 2. The highest BCUT2D eigenvalue weighted by atomic mass is 19.1. The Morgan fingerprint density at radius 3 is 2.69 bits per heavy atom. The van der Waals surface area contributed by atoms with Gasteiger partial charge in [-0.15, -0.1) is 0 Å². The number of benzene rings is 2. The third kappa shape index (κ3) is 4.88. The minimum absolute atomic E-state index is 0.0531. The molecule has 1 heterocycles. The maximum atomic E-state index is 13.6. The summed E-state index contributed by atoms with van der Waals surface area (Å²) < 4.78 is 42.5. The Bertz CT molecular complexity index is 863. The molecular formula is C21H24F2N2O4. The van der Waals surface area contributed by atoms with Crippen LogP contribution < -0.4 is 19.5 Å². The van der Waals surface area contributed by atoms with Crippen LogP contribution in [0.25, 0.3) is 0 Å². The molecule has 0 bridgehead atoms. The van der Waals surface area contributed by atoms with Crippen molar-refractivity contribution in [1.82, 2.24) is 10.2 Å². The summed E-state index contributed by atoms with van der Waals surface area (Å²) in [6, 6.07) is 8.32. The molecule has 8 heteroatoms. The zero-order chi connectivity index (χ0) is 20.8. The van der Waals surface area contributed by atoms with Crippen molar-refractivity contribution in [3.63, 3.8) is 0 Å². The molecule has 1 atom stereocenters. The third-order valence-electron chi connectivity index (χ3n) is 4.84. The predicted molar refractivity (Wildman–Crippen MR) is 103 cm³/mol. The predicted octanol–water partition coefficient (Wildman–Crippen LogP) is 3.91. The van der Waals surface area contributed by atoms with E-state index < -0.39 is 11.6 Å². The number of nitrogens with zero attached hydrogens (tertiary/aromatic N) is 1. The Kier molecular flexibility index (Phi) is 6.74. The largest absolute Gasteiger partial charge is 0.497 e. The van der Waals surface area contributed by atoms with Crippen LogP contribution in [0.4, 0.5) is 13.6 Å². The van der Waals surface area contributed by atoms with Crippen LogP contribution in [0.5, 0.6) is 17.2 Å². The smallest absolute Gasteiger partial charge is 0.318 e. The number of nitrogens with one attached hydrogen (secondary N) is 1. The Morgan fingerprint density at radius 2 is 1.97 bits per heavy atom. The molecule has 1 aliphatic rings. The third-order valence-corrected chi connectivity index (χ3v) is 4.84. The summed E-state index contributed by atoms with van der Waals surface area (Å²) in [4.78, 5) is 14.4. The maximum absolute atomic E-state index is 13.6. The number of ether oxygens (including phenoxy) is 3. The molecule has 0 saturated carbocycles. The monoisotopic (exact) mass is 406 g/mol. The average Bonchev–Trinajstić information content (AvgIpc) is 3.21. The minimum atomic E-state index is -0.775. The van der Waals surface area contributed by atoms with E-state index in [0.717, 1.165) is 30.5 Å². The van der Waals surface area contributed by atoms with Gasteiger partial charge in [-0.3, -0.25) is 0 Å². The number of urea groups is 1. The molecule has 2 aromatic rings. The molecule has 1 N–H and O–H groups in total. The molecule has 1 fully saturated rings. The standard InChI is InChI=1S/C21H24F2N2O4/c1-27-15-6-7-16(20(13-15)28-2)18-4-3-10-25(18)21(26)24-9-11-29-19-8-5-14(22)12-17(19)23/h5-8,12-13,18H,3-4,9-11H2,1-2H3,(H,24,26). The molecule has 29 heavy (non-hydrogen) atoms. The van der Waals surface area contributed by atoms with Crippen LogP contribution in [-0.2, 0) is 0 Å². The molecular weight excluding hydrogens is 382 g/mol. The van der Waals surface area contributed by atoms with Crippen molar-refractivity contribution in [2.24, 2.45) is 0 Å². The lowest BCUT2D eigenvalue weighted by Gasteiger charge is -2.26. The normalized spacial score (nSPS) is 15.9. The Morgan fingerprint density at radius 1 is 1.14 bits per heavy atom. The van der Waals surface area contributed by atoms with Gasteiger partial charge < -0.3 is 24.4 Å². The van der Waals surface area contributed by atoms with Crippen LogP contribution in [0, 0.1) is 11.6 Å². The first-order valence-electron chi connectivity index (χ1n) is 9.37. The lowest BCUT2D eigenvalue weighted by Crippen LogP contribution is -2.41. The first-order valence-corrected chi connectivity index (χ1v) is 9.37. The Hall–Kier alpha value is -3.03. The SMILES string of the molecule is COc1ccc(C2CCCN2C(=O)NCCOc2ccc(F)cc2F)c(OC)c1. The first-order chi connectivity index (χ1) is 14.0. The molecule has 6 nitrogen and oxygen atoms in total. The van der Waals surface area contributed by atoms with Gasteiger partial charge >= 0.3 is 6.03 Å². The second-order valence-corrected chi connectivity index (χ2v) is 6.61. The van der Waals surface area contributed by atoms with E-state index in [1.807, 2.05) is 12.1 Å². The molecule has 1 unspecified atom stereocenters. The van der Waals surface area contributed by atoms with Crippen LogP contribution in [0.2, 0.25) is 0 Å². The number of hydrogen-bond acceptors (Lipinski definition) is 4. The average molecular weight is 406 g/mol. The van der Waals surface area contributed by atoms with Gasteiger partial charge in [0.15, 0.2) is 11.6 Å². The molecule has 1 saturated heterocycles. The first kappa shape index (κ1) is 20.7. The fourth-order valence-corrected chi connectivity index (χ4v) is 3.44. The topological polar surface area (TPSA) is 60.0 Å². The number of carbonyl (C=O) groups is 1. The molecule has 3 rings (SSSR count). The van der Waals surface area contributed by atoms with E-state index in [0.29, 0.717) is 18.0 Å². The van der Waals surface area contributed by atoms with E-state index in [1.54, 1.807) is 25.2 Å². The lowest BCUT2D eigenvalue weighted by molar-refractivity contribution is 0.189. The number of carbonyl (C=O) groups excluding carboxylic acids is 1. The van der Waals surface area contributed by atoms with Crippen LogP contribution in [0.3, 0.4) is 0 Å². The maximum Gasteiger partial charge on any atom is 0.318 e. The van der Waals surface area contributed by atoms with Crippen LogP contribution in [0.15, 0.2) is 36.4 Å². The summed E-state index contributed by atoms with van der Waals surface area (Å²) in [6.07, 6.45) is 1.71. The van der Waals surface area contributed by atoms with E-state index in [2.05, 4.69) is 5.32 Å². The van der Waals surface area contributed by atoms with Gasteiger partial charge in [-0.25, -0.2) is 13.6 Å².